The van der Waals surface area contributed by atoms with Gasteiger partial charge in [-0.3, -0.25) is 19.5 Å². The van der Waals surface area contributed by atoms with E-state index in [1.54, 1.807) is 27.8 Å². The molecule has 2 saturated heterocycles. The molecule has 0 spiro atoms. The fraction of sp³-hybridized carbons (Fsp3) is 0.879. The minimum absolute atomic E-state index is 0.00163. The zero-order valence-electron chi connectivity index (χ0n) is 29.6. The summed E-state index contributed by atoms with van der Waals surface area (Å²) in [5.74, 6) is 0.570. The molecular weight excluding hydrogens is 587 g/mol. The number of carbonyl (C=O) groups excluding carboxylic acids is 3. The Kier molecular flexibility index (Phi) is 11.3. The zero-order valence-corrected chi connectivity index (χ0v) is 29.6. The summed E-state index contributed by atoms with van der Waals surface area (Å²) in [6.07, 6.45) is 5.26. The number of aliphatic imine (C=N–C) groups is 1. The normalized spacial score (nSPS) is 30.2. The van der Waals surface area contributed by atoms with Gasteiger partial charge in [0, 0.05) is 20.1 Å². The molecule has 3 amide bonds. The van der Waals surface area contributed by atoms with Crippen LogP contribution in [-0.4, -0.2) is 91.4 Å². The predicted octanol–water partition coefficient (Wildman–Crippen LogP) is 3.37. The molecule has 3 aliphatic carbocycles. The summed E-state index contributed by atoms with van der Waals surface area (Å²) >= 11 is 0. The van der Waals surface area contributed by atoms with E-state index in [9.17, 15) is 14.4 Å². The van der Waals surface area contributed by atoms with Crippen molar-refractivity contribution in [2.24, 2.45) is 33.9 Å². The van der Waals surface area contributed by atoms with Crippen molar-refractivity contribution in [3.8, 4) is 0 Å². The number of piperidine rings is 1. The SMILES string of the molecule is CN=C(N)NCCC[C@H](NC(=O)C1CCCCN1C(=O)OC(C)(C)C)C(=O)N[C@@H](CC(C)C)B1O[C@@H]2C[C@@H]3C[C@@H](C3(C)C)[C@]2(C)O1. The predicted molar refractivity (Wildman–Crippen MR) is 179 cm³/mol. The Labute approximate surface area is 276 Å². The van der Waals surface area contributed by atoms with Gasteiger partial charge < -0.3 is 35.7 Å². The Hall–Kier alpha value is -2.54. The van der Waals surface area contributed by atoms with Crippen LogP contribution in [0.2, 0.25) is 0 Å². The molecule has 0 aromatic carbocycles. The van der Waals surface area contributed by atoms with Crippen LogP contribution in [0.4, 0.5) is 4.79 Å². The largest absolute Gasteiger partial charge is 0.481 e. The molecule has 1 unspecified atom stereocenters. The highest BCUT2D eigenvalue weighted by atomic mass is 16.7. The molecule has 0 radical (unpaired) electrons. The number of amides is 3. The topological polar surface area (TPSA) is 157 Å². The first-order chi connectivity index (χ1) is 21.5. The second-order valence-electron chi connectivity index (χ2n) is 16.0. The van der Waals surface area contributed by atoms with Crippen molar-refractivity contribution in [3.05, 3.63) is 0 Å². The third-order valence-corrected chi connectivity index (χ3v) is 10.6. The lowest BCUT2D eigenvalue weighted by Crippen LogP contribution is -2.65. The van der Waals surface area contributed by atoms with Crippen LogP contribution >= 0.6 is 0 Å². The van der Waals surface area contributed by atoms with Gasteiger partial charge in [0.05, 0.1) is 17.6 Å². The maximum Gasteiger partial charge on any atom is 0.481 e. The summed E-state index contributed by atoms with van der Waals surface area (Å²) in [6, 6.07) is -1.55. The Balaban J connectivity index is 1.48. The van der Waals surface area contributed by atoms with E-state index in [-0.39, 0.29) is 35.2 Å². The first kappa shape index (κ1) is 36.3. The van der Waals surface area contributed by atoms with Crippen LogP contribution in [0, 0.1) is 23.2 Å². The molecule has 3 saturated carbocycles. The van der Waals surface area contributed by atoms with Crippen molar-refractivity contribution in [3.63, 3.8) is 0 Å². The molecule has 5 aliphatic rings. The maximum atomic E-state index is 14.1. The van der Waals surface area contributed by atoms with Crippen LogP contribution < -0.4 is 21.7 Å². The minimum Gasteiger partial charge on any atom is -0.444 e. The number of rotatable bonds is 11. The van der Waals surface area contributed by atoms with Crippen LogP contribution in [0.1, 0.15) is 107 Å². The van der Waals surface area contributed by atoms with Gasteiger partial charge in [0.1, 0.15) is 17.7 Å². The third-order valence-electron chi connectivity index (χ3n) is 10.6. The van der Waals surface area contributed by atoms with E-state index in [0.29, 0.717) is 56.6 Å². The van der Waals surface area contributed by atoms with E-state index in [2.05, 4.69) is 55.6 Å². The molecule has 12 nitrogen and oxygen atoms in total. The van der Waals surface area contributed by atoms with Gasteiger partial charge in [-0.05, 0) is 102 Å². The van der Waals surface area contributed by atoms with Crippen LogP contribution in [0.3, 0.4) is 0 Å². The quantitative estimate of drug-likeness (QED) is 0.115. The molecule has 2 aliphatic heterocycles. The van der Waals surface area contributed by atoms with E-state index in [1.165, 1.54) is 4.90 Å². The van der Waals surface area contributed by atoms with Crippen molar-refractivity contribution in [1.82, 2.24) is 20.9 Å². The van der Waals surface area contributed by atoms with Crippen molar-refractivity contribution >= 4 is 31.0 Å². The van der Waals surface area contributed by atoms with Gasteiger partial charge in [0.2, 0.25) is 11.8 Å². The fourth-order valence-electron chi connectivity index (χ4n) is 7.98. The Morgan fingerprint density at radius 3 is 2.48 bits per heavy atom. The zero-order chi connectivity index (χ0) is 34.0. The van der Waals surface area contributed by atoms with Crippen molar-refractivity contribution < 1.29 is 28.4 Å². The summed E-state index contributed by atoms with van der Waals surface area (Å²) in [7, 11) is 1.03. The van der Waals surface area contributed by atoms with Gasteiger partial charge >= 0.3 is 13.2 Å². The number of hydrogen-bond acceptors (Lipinski definition) is 7. The first-order valence-corrected chi connectivity index (χ1v) is 17.4. The van der Waals surface area contributed by atoms with Crippen molar-refractivity contribution in [1.29, 1.82) is 0 Å². The Morgan fingerprint density at radius 2 is 1.85 bits per heavy atom. The number of carbonyl (C=O) groups is 3. The third kappa shape index (κ3) is 8.12. The summed E-state index contributed by atoms with van der Waals surface area (Å²) < 4.78 is 18.9. The minimum atomic E-state index is -0.836. The highest BCUT2D eigenvalue weighted by Gasteiger charge is 2.68. The lowest BCUT2D eigenvalue weighted by Gasteiger charge is -2.64. The number of ether oxygens (including phenoxy) is 1. The molecule has 2 bridgehead atoms. The van der Waals surface area contributed by atoms with Crippen LogP contribution in [0.25, 0.3) is 0 Å². The highest BCUT2D eigenvalue weighted by molar-refractivity contribution is 6.48. The second-order valence-corrected chi connectivity index (χ2v) is 16.0. The lowest BCUT2D eigenvalue weighted by atomic mass is 9.43. The smallest absolute Gasteiger partial charge is 0.444 e. The molecular formula is C33H59BN6O6. The number of nitrogens with two attached hydrogens (primary N) is 1. The Morgan fingerprint density at radius 1 is 1.13 bits per heavy atom. The van der Waals surface area contributed by atoms with Crippen LogP contribution in [0.15, 0.2) is 4.99 Å². The number of nitrogens with zero attached hydrogens (tertiary/aromatic N) is 2. The summed E-state index contributed by atoms with van der Waals surface area (Å²) in [5, 5.41) is 9.24. The first-order valence-electron chi connectivity index (χ1n) is 17.4. The molecule has 5 fully saturated rings. The van der Waals surface area contributed by atoms with E-state index in [0.717, 1.165) is 25.7 Å². The summed E-state index contributed by atoms with van der Waals surface area (Å²) in [4.78, 5) is 46.3. The van der Waals surface area contributed by atoms with Gasteiger partial charge in [0.25, 0.3) is 0 Å². The summed E-state index contributed by atoms with van der Waals surface area (Å²) in [6.45, 7) is 17.4. The molecule has 13 heteroatoms. The molecule has 5 N–H and O–H groups in total. The van der Waals surface area contributed by atoms with E-state index < -0.39 is 36.5 Å². The summed E-state index contributed by atoms with van der Waals surface area (Å²) in [5.41, 5.74) is 4.93. The van der Waals surface area contributed by atoms with Gasteiger partial charge in [-0.15, -0.1) is 0 Å². The molecule has 0 aromatic rings. The molecule has 0 aromatic heterocycles. The number of hydrogen-bond donors (Lipinski definition) is 4. The molecule has 5 rings (SSSR count). The maximum absolute atomic E-state index is 14.1. The van der Waals surface area contributed by atoms with Crippen LogP contribution in [-0.2, 0) is 23.6 Å². The van der Waals surface area contributed by atoms with E-state index >= 15 is 0 Å². The second kappa shape index (κ2) is 14.3. The van der Waals surface area contributed by atoms with E-state index in [1.807, 2.05) is 0 Å². The van der Waals surface area contributed by atoms with Gasteiger partial charge in [0.15, 0.2) is 5.96 Å². The number of nitrogens with one attached hydrogen (secondary N) is 3. The van der Waals surface area contributed by atoms with Crippen molar-refractivity contribution in [2.75, 3.05) is 20.1 Å². The number of likely N-dealkylation sites (tertiary alicyclic amines) is 1. The van der Waals surface area contributed by atoms with Gasteiger partial charge in [-0.1, -0.05) is 27.7 Å². The standard InChI is InChI=1S/C33H59BN6O6/c1-20(2)17-26(34-45-25-19-21-18-24(32(21,6)7)33(25,8)46-34)39-27(41)22(13-12-15-37-29(35)36-9)38-28(42)23-14-10-11-16-40(23)30(43)44-31(3,4)5/h20-26H,10-19H2,1-9H3,(H,38,42)(H,39,41)(H3,35,36,37)/t21-,22-,23?,24-,25+,26-,33-/m0/s1. The van der Waals surface area contributed by atoms with Gasteiger partial charge in [-0.2, -0.15) is 0 Å². The molecule has 260 valence electrons. The monoisotopic (exact) mass is 646 g/mol. The average molecular weight is 647 g/mol. The fourth-order valence-corrected chi connectivity index (χ4v) is 7.98. The van der Waals surface area contributed by atoms with Crippen LogP contribution in [0.5, 0.6) is 0 Å². The van der Waals surface area contributed by atoms with Gasteiger partial charge in [-0.25, -0.2) is 4.79 Å². The molecule has 46 heavy (non-hydrogen) atoms. The van der Waals surface area contributed by atoms with Crippen molar-refractivity contribution in [2.45, 2.75) is 142 Å². The Bertz CT molecular complexity index is 1140. The average Bonchev–Trinajstić information content (AvgIpc) is 3.34. The number of guanidine groups is 1. The highest BCUT2D eigenvalue weighted by Crippen LogP contribution is 2.65. The molecule has 7 atom stereocenters. The van der Waals surface area contributed by atoms with E-state index in [4.69, 9.17) is 19.8 Å². The lowest BCUT2D eigenvalue weighted by molar-refractivity contribution is -0.199. The molecule has 2 heterocycles.